The fourth-order valence-corrected chi connectivity index (χ4v) is 2.14. The molecule has 0 radical (unpaired) electrons. The van der Waals surface area contributed by atoms with Crippen LogP contribution in [-0.4, -0.2) is 25.0 Å². The van der Waals surface area contributed by atoms with Gasteiger partial charge in [-0.2, -0.15) is 13.2 Å². The largest absolute Gasteiger partial charge is 0.436 e. The molecule has 23 heavy (non-hydrogen) atoms. The second-order valence-corrected chi connectivity index (χ2v) is 4.94. The molecule has 0 saturated carbocycles. The van der Waals surface area contributed by atoms with Crippen molar-refractivity contribution in [3.8, 4) is 16.8 Å². The van der Waals surface area contributed by atoms with E-state index in [4.69, 9.17) is 11.6 Å². The number of rotatable bonds is 2. The molecule has 0 amide bonds. The van der Waals surface area contributed by atoms with E-state index in [-0.39, 0.29) is 16.8 Å². The molecule has 0 fully saturated rings. The quantitative estimate of drug-likeness (QED) is 0.777. The van der Waals surface area contributed by atoms with E-state index in [9.17, 15) is 18.0 Å². The molecular formula is C13H7ClF3N5O. The summed E-state index contributed by atoms with van der Waals surface area (Å²) in [6.07, 6.45) is -1.39. The van der Waals surface area contributed by atoms with Crippen molar-refractivity contribution < 1.29 is 13.2 Å². The molecule has 2 heterocycles. The second-order valence-electron chi connectivity index (χ2n) is 4.50. The predicted molar refractivity (Wildman–Crippen MR) is 75.2 cm³/mol. The molecule has 118 valence electrons. The molecule has 0 unspecified atom stereocenters. The van der Waals surface area contributed by atoms with Crippen molar-refractivity contribution in [1.29, 1.82) is 0 Å². The van der Waals surface area contributed by atoms with Gasteiger partial charge in [-0.05, 0) is 18.2 Å². The summed E-state index contributed by atoms with van der Waals surface area (Å²) in [6, 6.07) is 4.36. The number of halogens is 4. The summed E-state index contributed by atoms with van der Waals surface area (Å²) in [7, 11) is 0. The minimum atomic E-state index is -4.61. The van der Waals surface area contributed by atoms with Crippen molar-refractivity contribution in [2.24, 2.45) is 0 Å². The molecule has 3 rings (SSSR count). The highest BCUT2D eigenvalue weighted by molar-refractivity contribution is 6.31. The number of H-pyrrole nitrogens is 1. The Bertz CT molecular complexity index is 918. The van der Waals surface area contributed by atoms with Crippen LogP contribution in [0.4, 0.5) is 13.2 Å². The standard InChI is InChI=1S/C13H7ClF3N5O/c14-7-1-2-10(22-5-11(20-21-22)13(15,16)17)8(3-7)9-4-18-6-19-12(9)23/h1-6H,(H,18,19,23). The molecule has 1 aromatic carbocycles. The van der Waals surface area contributed by atoms with E-state index in [1.807, 2.05) is 0 Å². The van der Waals surface area contributed by atoms with Crippen molar-refractivity contribution in [3.05, 3.63) is 58.0 Å². The highest BCUT2D eigenvalue weighted by atomic mass is 35.5. The summed E-state index contributed by atoms with van der Waals surface area (Å²) in [5.41, 5.74) is -0.950. The minimum Gasteiger partial charge on any atom is -0.313 e. The summed E-state index contributed by atoms with van der Waals surface area (Å²) >= 11 is 5.93. The van der Waals surface area contributed by atoms with Gasteiger partial charge in [0.2, 0.25) is 0 Å². The van der Waals surface area contributed by atoms with Crippen LogP contribution >= 0.6 is 11.6 Å². The van der Waals surface area contributed by atoms with E-state index in [1.165, 1.54) is 30.7 Å². The third-order valence-electron chi connectivity index (χ3n) is 3.00. The average molecular weight is 342 g/mol. The van der Waals surface area contributed by atoms with Gasteiger partial charge >= 0.3 is 6.18 Å². The van der Waals surface area contributed by atoms with Crippen LogP contribution in [0.1, 0.15) is 5.69 Å². The fourth-order valence-electron chi connectivity index (χ4n) is 1.97. The van der Waals surface area contributed by atoms with Gasteiger partial charge in [-0.3, -0.25) is 4.79 Å². The molecule has 0 atom stereocenters. The van der Waals surface area contributed by atoms with Crippen LogP contribution in [0.25, 0.3) is 16.8 Å². The van der Waals surface area contributed by atoms with Crippen molar-refractivity contribution >= 4 is 11.6 Å². The maximum absolute atomic E-state index is 12.7. The highest BCUT2D eigenvalue weighted by Gasteiger charge is 2.34. The van der Waals surface area contributed by atoms with Crippen LogP contribution in [0, 0.1) is 0 Å². The topological polar surface area (TPSA) is 76.5 Å². The van der Waals surface area contributed by atoms with Gasteiger partial charge in [0, 0.05) is 16.8 Å². The second kappa shape index (κ2) is 5.51. The third kappa shape index (κ3) is 2.95. The van der Waals surface area contributed by atoms with Gasteiger partial charge in [0.05, 0.1) is 23.8 Å². The lowest BCUT2D eigenvalue weighted by molar-refractivity contribution is -0.141. The van der Waals surface area contributed by atoms with Gasteiger partial charge in [0.15, 0.2) is 5.69 Å². The Morgan fingerprint density at radius 3 is 2.65 bits per heavy atom. The molecule has 0 bridgehead atoms. The van der Waals surface area contributed by atoms with E-state index in [0.717, 1.165) is 10.9 Å². The lowest BCUT2D eigenvalue weighted by atomic mass is 10.1. The lowest BCUT2D eigenvalue weighted by Gasteiger charge is -2.09. The number of hydrogen-bond donors (Lipinski definition) is 1. The van der Waals surface area contributed by atoms with Gasteiger partial charge in [0.25, 0.3) is 5.56 Å². The van der Waals surface area contributed by atoms with Gasteiger partial charge in [-0.25, -0.2) is 9.67 Å². The first-order valence-electron chi connectivity index (χ1n) is 6.19. The Kier molecular flexibility index (Phi) is 3.64. The Morgan fingerprint density at radius 2 is 2.00 bits per heavy atom. The maximum Gasteiger partial charge on any atom is 0.436 e. The van der Waals surface area contributed by atoms with Crippen LogP contribution in [0.5, 0.6) is 0 Å². The van der Waals surface area contributed by atoms with Crippen LogP contribution < -0.4 is 5.56 Å². The number of aromatic amines is 1. The molecule has 3 aromatic rings. The first-order chi connectivity index (χ1) is 10.9. The summed E-state index contributed by atoms with van der Waals surface area (Å²) in [5, 5.41) is 6.87. The van der Waals surface area contributed by atoms with Crippen molar-refractivity contribution in [1.82, 2.24) is 25.0 Å². The molecule has 1 N–H and O–H groups in total. The molecule has 10 heteroatoms. The maximum atomic E-state index is 12.7. The van der Waals surface area contributed by atoms with Crippen LogP contribution in [-0.2, 0) is 6.18 Å². The Balaban J connectivity index is 2.20. The zero-order chi connectivity index (χ0) is 16.6. The number of alkyl halides is 3. The molecule has 0 aliphatic rings. The molecule has 0 saturated heterocycles. The molecule has 0 aliphatic carbocycles. The lowest BCUT2D eigenvalue weighted by Crippen LogP contribution is -2.10. The monoisotopic (exact) mass is 341 g/mol. The molecule has 6 nitrogen and oxygen atoms in total. The van der Waals surface area contributed by atoms with E-state index in [1.54, 1.807) is 0 Å². The zero-order valence-electron chi connectivity index (χ0n) is 11.2. The van der Waals surface area contributed by atoms with E-state index >= 15 is 0 Å². The van der Waals surface area contributed by atoms with Crippen LogP contribution in [0.2, 0.25) is 5.02 Å². The third-order valence-corrected chi connectivity index (χ3v) is 3.23. The molecule has 0 spiro atoms. The van der Waals surface area contributed by atoms with Gasteiger partial charge in [-0.15, -0.1) is 5.10 Å². The SMILES string of the molecule is O=c1[nH]cncc1-c1cc(Cl)ccc1-n1cc(C(F)(F)F)nn1. The van der Waals surface area contributed by atoms with Crippen LogP contribution in [0.15, 0.2) is 41.7 Å². The number of hydrogen-bond acceptors (Lipinski definition) is 4. The number of nitrogens with one attached hydrogen (secondary N) is 1. The van der Waals surface area contributed by atoms with Crippen molar-refractivity contribution in [2.75, 3.05) is 0 Å². The van der Waals surface area contributed by atoms with Crippen molar-refractivity contribution in [3.63, 3.8) is 0 Å². The summed E-state index contributed by atoms with van der Waals surface area (Å²) < 4.78 is 38.9. The molecule has 2 aromatic heterocycles. The van der Waals surface area contributed by atoms with Gasteiger partial charge in [0.1, 0.15) is 0 Å². The first-order valence-corrected chi connectivity index (χ1v) is 6.56. The predicted octanol–water partition coefficient (Wildman–Crippen LogP) is 2.69. The number of aromatic nitrogens is 5. The summed E-state index contributed by atoms with van der Waals surface area (Å²) in [4.78, 5) is 18.1. The zero-order valence-corrected chi connectivity index (χ0v) is 11.9. The van der Waals surface area contributed by atoms with E-state index in [0.29, 0.717) is 5.02 Å². The Hall–Kier alpha value is -2.68. The molecule has 0 aliphatic heterocycles. The van der Waals surface area contributed by atoms with Gasteiger partial charge < -0.3 is 4.98 Å². The smallest absolute Gasteiger partial charge is 0.313 e. The fraction of sp³-hybridized carbons (Fsp3) is 0.0769. The summed E-state index contributed by atoms with van der Waals surface area (Å²) in [5.74, 6) is 0. The van der Waals surface area contributed by atoms with E-state index in [2.05, 4.69) is 20.3 Å². The Labute approximate surface area is 131 Å². The molecular weight excluding hydrogens is 335 g/mol. The normalized spacial score (nSPS) is 11.7. The number of benzene rings is 1. The van der Waals surface area contributed by atoms with Crippen molar-refractivity contribution in [2.45, 2.75) is 6.18 Å². The van der Waals surface area contributed by atoms with Gasteiger partial charge in [-0.1, -0.05) is 16.8 Å². The highest BCUT2D eigenvalue weighted by Crippen LogP contribution is 2.30. The van der Waals surface area contributed by atoms with Crippen LogP contribution in [0.3, 0.4) is 0 Å². The minimum absolute atomic E-state index is 0.147. The first kappa shape index (κ1) is 15.2. The number of nitrogens with zero attached hydrogens (tertiary/aromatic N) is 4. The Morgan fingerprint density at radius 1 is 1.22 bits per heavy atom. The van der Waals surface area contributed by atoms with E-state index < -0.39 is 17.4 Å². The average Bonchev–Trinajstić information content (AvgIpc) is 2.97. The summed E-state index contributed by atoms with van der Waals surface area (Å²) in [6.45, 7) is 0.